The summed E-state index contributed by atoms with van der Waals surface area (Å²) in [5.41, 5.74) is 2.32. The maximum absolute atomic E-state index is 13.3. The van der Waals surface area contributed by atoms with Crippen LogP contribution >= 0.6 is 23.2 Å². The molecule has 1 heterocycles. The number of hydrogen-bond acceptors (Lipinski definition) is 5. The van der Waals surface area contributed by atoms with Crippen LogP contribution in [0.4, 0.5) is 0 Å². The molecule has 0 aromatic heterocycles. The van der Waals surface area contributed by atoms with Crippen LogP contribution in [0.3, 0.4) is 0 Å². The quantitative estimate of drug-likeness (QED) is 0.419. The van der Waals surface area contributed by atoms with Gasteiger partial charge in [0.1, 0.15) is 0 Å². The summed E-state index contributed by atoms with van der Waals surface area (Å²) in [5.74, 6) is 0.312. The van der Waals surface area contributed by atoms with E-state index in [0.29, 0.717) is 45.8 Å². The van der Waals surface area contributed by atoms with E-state index in [1.165, 1.54) is 7.11 Å². The SMILES string of the molecule is COC(=O)C1=C(C)N(CCc2ccc(OC)c(OC)c2)C(=O)/C1=C\c1c(Cl)cccc1Cl. The second-order valence-electron chi connectivity index (χ2n) is 7.04. The largest absolute Gasteiger partial charge is 0.493 e. The molecule has 6 nitrogen and oxygen atoms in total. The molecular formula is C24H23Cl2NO5. The summed E-state index contributed by atoms with van der Waals surface area (Å²) in [6, 6.07) is 10.6. The van der Waals surface area contributed by atoms with Crippen LogP contribution in [0.25, 0.3) is 6.08 Å². The van der Waals surface area contributed by atoms with Crippen LogP contribution in [-0.2, 0) is 20.7 Å². The molecule has 0 aliphatic carbocycles. The first kappa shape index (κ1) is 23.7. The van der Waals surface area contributed by atoms with Gasteiger partial charge in [0.2, 0.25) is 0 Å². The number of esters is 1. The first-order chi connectivity index (χ1) is 15.3. The van der Waals surface area contributed by atoms with E-state index in [4.69, 9.17) is 37.4 Å². The fourth-order valence-electron chi connectivity index (χ4n) is 3.57. The van der Waals surface area contributed by atoms with E-state index in [9.17, 15) is 9.59 Å². The molecule has 0 atom stereocenters. The van der Waals surface area contributed by atoms with Crippen molar-refractivity contribution in [1.82, 2.24) is 4.90 Å². The third kappa shape index (κ3) is 4.61. The van der Waals surface area contributed by atoms with Crippen LogP contribution in [0.5, 0.6) is 11.5 Å². The van der Waals surface area contributed by atoms with Gasteiger partial charge in [0, 0.05) is 27.9 Å². The summed E-state index contributed by atoms with van der Waals surface area (Å²) in [5, 5.41) is 0.756. The average Bonchev–Trinajstić information content (AvgIpc) is 3.02. The minimum atomic E-state index is -0.598. The first-order valence-electron chi connectivity index (χ1n) is 9.80. The first-order valence-corrected chi connectivity index (χ1v) is 10.6. The second-order valence-corrected chi connectivity index (χ2v) is 7.86. The van der Waals surface area contributed by atoms with Crippen molar-refractivity contribution in [3.63, 3.8) is 0 Å². The van der Waals surface area contributed by atoms with E-state index >= 15 is 0 Å². The molecule has 0 saturated heterocycles. The lowest BCUT2D eigenvalue weighted by Gasteiger charge is -2.18. The Morgan fingerprint density at radius 3 is 2.28 bits per heavy atom. The van der Waals surface area contributed by atoms with Gasteiger partial charge in [-0.1, -0.05) is 35.3 Å². The Morgan fingerprint density at radius 2 is 1.69 bits per heavy atom. The number of halogens is 2. The van der Waals surface area contributed by atoms with Crippen molar-refractivity contribution in [2.24, 2.45) is 0 Å². The van der Waals surface area contributed by atoms with Crippen molar-refractivity contribution in [2.75, 3.05) is 27.9 Å². The zero-order valence-corrected chi connectivity index (χ0v) is 19.7. The third-order valence-electron chi connectivity index (χ3n) is 5.26. The third-order valence-corrected chi connectivity index (χ3v) is 5.92. The van der Waals surface area contributed by atoms with E-state index in [-0.39, 0.29) is 17.1 Å². The van der Waals surface area contributed by atoms with E-state index < -0.39 is 5.97 Å². The summed E-state index contributed by atoms with van der Waals surface area (Å²) >= 11 is 12.6. The maximum atomic E-state index is 13.3. The lowest BCUT2D eigenvalue weighted by atomic mass is 10.0. The maximum Gasteiger partial charge on any atom is 0.340 e. The molecule has 1 aliphatic heterocycles. The average molecular weight is 476 g/mol. The molecule has 8 heteroatoms. The van der Waals surface area contributed by atoms with Gasteiger partial charge < -0.3 is 19.1 Å². The molecule has 1 aliphatic rings. The van der Waals surface area contributed by atoms with Gasteiger partial charge in [-0.3, -0.25) is 4.79 Å². The Hall–Kier alpha value is -2.96. The molecular weight excluding hydrogens is 453 g/mol. The Balaban J connectivity index is 1.94. The lowest BCUT2D eigenvalue weighted by molar-refractivity contribution is -0.136. The molecule has 0 N–H and O–H groups in total. The number of allylic oxidation sites excluding steroid dienone is 1. The van der Waals surface area contributed by atoms with Gasteiger partial charge in [-0.2, -0.15) is 0 Å². The normalized spacial score (nSPS) is 14.9. The van der Waals surface area contributed by atoms with Crippen molar-refractivity contribution < 1.29 is 23.8 Å². The number of ether oxygens (including phenoxy) is 3. The molecule has 3 rings (SSSR count). The molecule has 0 fully saturated rings. The highest BCUT2D eigenvalue weighted by Gasteiger charge is 2.37. The number of rotatable bonds is 7. The monoisotopic (exact) mass is 475 g/mol. The number of hydrogen-bond donors (Lipinski definition) is 0. The highest BCUT2D eigenvalue weighted by molar-refractivity contribution is 6.37. The highest BCUT2D eigenvalue weighted by Crippen LogP contribution is 2.35. The minimum absolute atomic E-state index is 0.191. The zero-order chi connectivity index (χ0) is 23.4. The van der Waals surface area contributed by atoms with Crippen molar-refractivity contribution >= 4 is 41.2 Å². The Labute approximate surface area is 197 Å². The summed E-state index contributed by atoms with van der Waals surface area (Å²) in [6.45, 7) is 2.07. The molecule has 1 amide bonds. The van der Waals surface area contributed by atoms with E-state index in [1.54, 1.807) is 50.3 Å². The van der Waals surface area contributed by atoms with Crippen molar-refractivity contribution in [2.45, 2.75) is 13.3 Å². The van der Waals surface area contributed by atoms with Crippen LogP contribution in [-0.4, -0.2) is 44.7 Å². The molecule has 168 valence electrons. The topological polar surface area (TPSA) is 65.1 Å². The Morgan fingerprint density at radius 1 is 1.03 bits per heavy atom. The van der Waals surface area contributed by atoms with Crippen LogP contribution in [0.15, 0.2) is 53.2 Å². The number of carbonyl (C=O) groups excluding carboxylic acids is 2. The Bertz CT molecular complexity index is 1100. The summed E-state index contributed by atoms with van der Waals surface area (Å²) in [7, 11) is 4.42. The number of carbonyl (C=O) groups is 2. The number of nitrogens with zero attached hydrogens (tertiary/aromatic N) is 1. The van der Waals surface area contributed by atoms with E-state index in [1.807, 2.05) is 18.2 Å². The molecule has 2 aromatic rings. The summed E-state index contributed by atoms with van der Waals surface area (Å²) in [6.07, 6.45) is 2.08. The van der Waals surface area contributed by atoms with Crippen molar-refractivity contribution in [3.8, 4) is 11.5 Å². The standard InChI is InChI=1S/C24H23Cl2NO5/c1-14-22(24(29)32-4)17(13-16-18(25)6-5-7-19(16)26)23(28)27(14)11-10-15-8-9-20(30-2)21(12-15)31-3/h5-9,12-13H,10-11H2,1-4H3/b17-13-. The fourth-order valence-corrected chi connectivity index (χ4v) is 4.07. The van der Waals surface area contributed by atoms with Crippen molar-refractivity contribution in [1.29, 1.82) is 0 Å². The zero-order valence-electron chi connectivity index (χ0n) is 18.2. The van der Waals surface area contributed by atoms with Crippen LogP contribution in [0, 0.1) is 0 Å². The predicted molar refractivity (Wildman–Crippen MR) is 124 cm³/mol. The number of benzene rings is 2. The van der Waals surface area contributed by atoms with E-state index in [2.05, 4.69) is 0 Å². The molecule has 0 unspecified atom stereocenters. The minimum Gasteiger partial charge on any atom is -0.493 e. The van der Waals surface area contributed by atoms with Gasteiger partial charge in [-0.15, -0.1) is 0 Å². The number of methoxy groups -OCH3 is 3. The van der Waals surface area contributed by atoms with Gasteiger partial charge in [-0.25, -0.2) is 4.79 Å². The predicted octanol–water partition coefficient (Wildman–Crippen LogP) is 4.93. The lowest BCUT2D eigenvalue weighted by Crippen LogP contribution is -2.27. The molecule has 0 bridgehead atoms. The van der Waals surface area contributed by atoms with Crippen LogP contribution < -0.4 is 9.47 Å². The van der Waals surface area contributed by atoms with Gasteiger partial charge in [0.15, 0.2) is 11.5 Å². The summed E-state index contributed by atoms with van der Waals surface area (Å²) in [4.78, 5) is 27.4. The highest BCUT2D eigenvalue weighted by atomic mass is 35.5. The van der Waals surface area contributed by atoms with Crippen LogP contribution in [0.1, 0.15) is 18.1 Å². The molecule has 32 heavy (non-hydrogen) atoms. The van der Waals surface area contributed by atoms with Crippen molar-refractivity contribution in [3.05, 3.63) is 74.4 Å². The van der Waals surface area contributed by atoms with Gasteiger partial charge >= 0.3 is 5.97 Å². The molecule has 2 aromatic carbocycles. The molecule has 0 radical (unpaired) electrons. The second kappa shape index (κ2) is 10.1. The van der Waals surface area contributed by atoms with E-state index in [0.717, 1.165) is 5.56 Å². The van der Waals surface area contributed by atoms with Gasteiger partial charge in [-0.05, 0) is 49.2 Å². The Kier molecular flexibility index (Phi) is 7.48. The smallest absolute Gasteiger partial charge is 0.340 e. The van der Waals surface area contributed by atoms with Gasteiger partial charge in [0.05, 0.1) is 32.5 Å². The summed E-state index contributed by atoms with van der Waals surface area (Å²) < 4.78 is 15.6. The molecule has 0 spiro atoms. The number of amides is 1. The van der Waals surface area contributed by atoms with Crippen LogP contribution in [0.2, 0.25) is 10.0 Å². The molecule has 0 saturated carbocycles. The van der Waals surface area contributed by atoms with Gasteiger partial charge in [0.25, 0.3) is 5.91 Å². The fraction of sp³-hybridized carbons (Fsp3) is 0.250.